The summed E-state index contributed by atoms with van der Waals surface area (Å²) in [5.74, 6) is 0.129. The Balaban J connectivity index is 1.69. The fourth-order valence-corrected chi connectivity index (χ4v) is 4.82. The van der Waals surface area contributed by atoms with Crippen LogP contribution in [0.3, 0.4) is 0 Å². The highest BCUT2D eigenvalue weighted by atomic mass is 16.2. The SMILES string of the molecule is CCC(CC)C(=O)N1CCC[C@H](N2C(=O)NC3(CCN(CC)CC3)C2=O)C1. The standard InChI is InChI=1S/C20H34N4O3/c1-4-15(5-2)17(25)23-11-7-8-16(14-23)24-18(26)20(21-19(24)27)9-12-22(6-3)13-10-20/h15-16H,4-14H2,1-3H3,(H,21,27)/t16-/m0/s1. The van der Waals surface area contributed by atoms with E-state index in [2.05, 4.69) is 17.1 Å². The zero-order valence-electron chi connectivity index (χ0n) is 17.0. The number of amides is 4. The van der Waals surface area contributed by atoms with Crippen LogP contribution in [-0.4, -0.2) is 76.8 Å². The molecule has 3 aliphatic rings. The maximum atomic E-state index is 13.2. The first-order valence-corrected chi connectivity index (χ1v) is 10.6. The zero-order chi connectivity index (χ0) is 19.6. The summed E-state index contributed by atoms with van der Waals surface area (Å²) in [7, 11) is 0. The molecule has 0 bridgehead atoms. The lowest BCUT2D eigenvalue weighted by molar-refractivity contribution is -0.141. The molecule has 3 heterocycles. The highest BCUT2D eigenvalue weighted by molar-refractivity contribution is 6.07. The minimum absolute atomic E-state index is 0.0385. The largest absolute Gasteiger partial charge is 0.340 e. The van der Waals surface area contributed by atoms with E-state index >= 15 is 0 Å². The fourth-order valence-electron chi connectivity index (χ4n) is 4.82. The molecule has 152 valence electrons. The predicted octanol–water partition coefficient (Wildman–Crippen LogP) is 1.82. The maximum absolute atomic E-state index is 13.2. The fraction of sp³-hybridized carbons (Fsp3) is 0.850. The number of rotatable bonds is 5. The van der Waals surface area contributed by atoms with Crippen LogP contribution in [0.4, 0.5) is 4.79 Å². The van der Waals surface area contributed by atoms with E-state index in [0.717, 1.165) is 51.9 Å². The summed E-state index contributed by atoms with van der Waals surface area (Å²) in [4.78, 5) is 44.3. The first kappa shape index (κ1) is 20.1. The van der Waals surface area contributed by atoms with Crippen LogP contribution in [0.15, 0.2) is 0 Å². The van der Waals surface area contributed by atoms with Crippen molar-refractivity contribution in [1.29, 1.82) is 0 Å². The highest BCUT2D eigenvalue weighted by Gasteiger charge is 2.54. The molecule has 0 aromatic heterocycles. The molecule has 7 nitrogen and oxygen atoms in total. The molecule has 3 aliphatic heterocycles. The summed E-state index contributed by atoms with van der Waals surface area (Å²) >= 11 is 0. The van der Waals surface area contributed by atoms with Gasteiger partial charge in [-0.25, -0.2) is 4.79 Å². The zero-order valence-corrected chi connectivity index (χ0v) is 17.0. The van der Waals surface area contributed by atoms with Crippen LogP contribution in [0.2, 0.25) is 0 Å². The minimum Gasteiger partial charge on any atom is -0.340 e. The second kappa shape index (κ2) is 8.17. The number of hydrogen-bond acceptors (Lipinski definition) is 4. The summed E-state index contributed by atoms with van der Waals surface area (Å²) in [6, 6.07) is -0.472. The van der Waals surface area contributed by atoms with Crippen molar-refractivity contribution in [2.24, 2.45) is 5.92 Å². The number of piperidine rings is 2. The molecule has 0 aromatic rings. The van der Waals surface area contributed by atoms with E-state index in [1.807, 2.05) is 18.7 Å². The third-order valence-corrected chi connectivity index (χ3v) is 6.76. The Bertz CT molecular complexity index is 582. The number of likely N-dealkylation sites (tertiary alicyclic amines) is 2. The molecule has 0 unspecified atom stereocenters. The lowest BCUT2D eigenvalue weighted by Crippen LogP contribution is -2.56. The number of carbonyl (C=O) groups is 3. The first-order chi connectivity index (χ1) is 13.0. The van der Waals surface area contributed by atoms with Gasteiger partial charge in [0, 0.05) is 32.1 Å². The second-order valence-electron chi connectivity index (χ2n) is 8.22. The van der Waals surface area contributed by atoms with E-state index < -0.39 is 5.54 Å². The Morgan fingerprint density at radius 1 is 1.15 bits per heavy atom. The smallest absolute Gasteiger partial charge is 0.325 e. The number of nitrogens with one attached hydrogen (secondary N) is 1. The lowest BCUT2D eigenvalue weighted by Gasteiger charge is -2.39. The van der Waals surface area contributed by atoms with Crippen LogP contribution in [-0.2, 0) is 9.59 Å². The number of nitrogens with zero attached hydrogens (tertiary/aromatic N) is 3. The van der Waals surface area contributed by atoms with E-state index in [1.165, 1.54) is 4.90 Å². The van der Waals surface area contributed by atoms with Crippen LogP contribution in [0.1, 0.15) is 59.3 Å². The summed E-state index contributed by atoms with van der Waals surface area (Å²) in [5.41, 5.74) is -0.732. The highest BCUT2D eigenvalue weighted by Crippen LogP contribution is 2.32. The van der Waals surface area contributed by atoms with Gasteiger partial charge < -0.3 is 15.1 Å². The Labute approximate surface area is 162 Å². The van der Waals surface area contributed by atoms with Crippen molar-refractivity contribution in [2.75, 3.05) is 32.7 Å². The minimum atomic E-state index is -0.732. The van der Waals surface area contributed by atoms with Crippen LogP contribution < -0.4 is 5.32 Å². The first-order valence-electron chi connectivity index (χ1n) is 10.6. The van der Waals surface area contributed by atoms with Gasteiger partial charge >= 0.3 is 6.03 Å². The van der Waals surface area contributed by atoms with Crippen molar-refractivity contribution >= 4 is 17.8 Å². The molecular weight excluding hydrogens is 344 g/mol. The number of carbonyl (C=O) groups excluding carboxylic acids is 3. The monoisotopic (exact) mass is 378 g/mol. The van der Waals surface area contributed by atoms with Gasteiger partial charge in [-0.05, 0) is 45.1 Å². The van der Waals surface area contributed by atoms with Crippen molar-refractivity contribution in [3.63, 3.8) is 0 Å². The van der Waals surface area contributed by atoms with Crippen molar-refractivity contribution in [3.8, 4) is 0 Å². The topological polar surface area (TPSA) is 73.0 Å². The molecule has 0 saturated carbocycles. The molecule has 0 radical (unpaired) electrons. The van der Waals surface area contributed by atoms with Crippen molar-refractivity contribution in [2.45, 2.75) is 70.9 Å². The van der Waals surface area contributed by atoms with E-state index in [4.69, 9.17) is 0 Å². The predicted molar refractivity (Wildman–Crippen MR) is 103 cm³/mol. The number of urea groups is 1. The molecule has 3 rings (SSSR count). The molecule has 3 fully saturated rings. The average molecular weight is 379 g/mol. The quantitative estimate of drug-likeness (QED) is 0.741. The van der Waals surface area contributed by atoms with Crippen LogP contribution in [0, 0.1) is 5.92 Å². The van der Waals surface area contributed by atoms with Gasteiger partial charge in [-0.2, -0.15) is 0 Å². The van der Waals surface area contributed by atoms with Gasteiger partial charge in [0.05, 0.1) is 6.04 Å². The van der Waals surface area contributed by atoms with E-state index in [0.29, 0.717) is 19.4 Å². The maximum Gasteiger partial charge on any atom is 0.325 e. The van der Waals surface area contributed by atoms with E-state index in [-0.39, 0.29) is 29.8 Å². The van der Waals surface area contributed by atoms with E-state index in [9.17, 15) is 14.4 Å². The molecule has 1 atom stereocenters. The normalized spacial score (nSPS) is 26.1. The summed E-state index contributed by atoms with van der Waals surface area (Å²) in [6.07, 6.45) is 4.62. The average Bonchev–Trinajstić information content (AvgIpc) is 2.93. The summed E-state index contributed by atoms with van der Waals surface area (Å²) < 4.78 is 0. The van der Waals surface area contributed by atoms with Gasteiger partial charge in [0.1, 0.15) is 5.54 Å². The van der Waals surface area contributed by atoms with Gasteiger partial charge in [-0.15, -0.1) is 0 Å². The Hall–Kier alpha value is -1.63. The van der Waals surface area contributed by atoms with Gasteiger partial charge in [0.15, 0.2) is 0 Å². The van der Waals surface area contributed by atoms with Crippen LogP contribution in [0.25, 0.3) is 0 Å². The molecule has 1 spiro atoms. The van der Waals surface area contributed by atoms with Crippen LogP contribution in [0.5, 0.6) is 0 Å². The molecule has 1 N–H and O–H groups in total. The van der Waals surface area contributed by atoms with Gasteiger partial charge in [-0.3, -0.25) is 14.5 Å². The van der Waals surface area contributed by atoms with E-state index in [1.54, 1.807) is 0 Å². The van der Waals surface area contributed by atoms with Crippen molar-refractivity contribution in [3.05, 3.63) is 0 Å². The van der Waals surface area contributed by atoms with Crippen molar-refractivity contribution in [1.82, 2.24) is 20.0 Å². The molecule has 27 heavy (non-hydrogen) atoms. The molecule has 3 saturated heterocycles. The Morgan fingerprint density at radius 3 is 2.41 bits per heavy atom. The molecular formula is C20H34N4O3. The lowest BCUT2D eigenvalue weighted by atomic mass is 9.87. The van der Waals surface area contributed by atoms with Gasteiger partial charge in [-0.1, -0.05) is 20.8 Å². The molecule has 4 amide bonds. The third kappa shape index (κ3) is 3.71. The van der Waals surface area contributed by atoms with Crippen molar-refractivity contribution < 1.29 is 14.4 Å². The third-order valence-electron chi connectivity index (χ3n) is 6.76. The number of hydrogen-bond donors (Lipinski definition) is 1. The van der Waals surface area contributed by atoms with Gasteiger partial charge in [0.25, 0.3) is 5.91 Å². The molecule has 0 aromatic carbocycles. The van der Waals surface area contributed by atoms with Gasteiger partial charge in [0.2, 0.25) is 5.91 Å². The Kier molecular flexibility index (Phi) is 6.08. The molecule has 0 aliphatic carbocycles. The summed E-state index contributed by atoms with van der Waals surface area (Å²) in [5, 5.41) is 3.01. The summed E-state index contributed by atoms with van der Waals surface area (Å²) in [6.45, 7) is 10.0. The Morgan fingerprint density at radius 2 is 1.81 bits per heavy atom. The number of imide groups is 1. The second-order valence-corrected chi connectivity index (χ2v) is 8.22. The molecule has 7 heteroatoms. The van der Waals surface area contributed by atoms with Crippen LogP contribution >= 0.6 is 0 Å².